The third kappa shape index (κ3) is 9.62. The van der Waals surface area contributed by atoms with E-state index in [-0.39, 0.29) is 37.4 Å². The van der Waals surface area contributed by atoms with Crippen molar-refractivity contribution in [3.8, 4) is 0 Å². The molecular formula is C12H23NaO4. The molecule has 0 amide bonds. The molecule has 0 saturated heterocycles. The van der Waals surface area contributed by atoms with E-state index in [2.05, 4.69) is 6.92 Å². The molecule has 0 spiro atoms. The Balaban J connectivity index is -0.00000112. The van der Waals surface area contributed by atoms with Crippen LogP contribution in [0.4, 0.5) is 0 Å². The summed E-state index contributed by atoms with van der Waals surface area (Å²) >= 11 is 0. The Labute approximate surface area is 127 Å². The topological polar surface area (TPSA) is 74.6 Å². The van der Waals surface area contributed by atoms with E-state index < -0.39 is 17.9 Å². The molecule has 0 fully saturated rings. The van der Waals surface area contributed by atoms with E-state index in [1.807, 2.05) is 6.92 Å². The molecule has 5 heteroatoms. The molecule has 0 aliphatic heterocycles. The summed E-state index contributed by atoms with van der Waals surface area (Å²) in [5.74, 6) is -2.42. The Kier molecular flexibility index (Phi) is 12.5. The van der Waals surface area contributed by atoms with E-state index in [1.54, 1.807) is 0 Å². The summed E-state index contributed by atoms with van der Waals surface area (Å²) in [4.78, 5) is 21.4. The van der Waals surface area contributed by atoms with Gasteiger partial charge in [-0.1, -0.05) is 39.5 Å². The van der Waals surface area contributed by atoms with Gasteiger partial charge < -0.3 is 11.6 Å². The largest absolute Gasteiger partial charge is 1.00 e. The predicted molar refractivity (Wildman–Crippen MR) is 62.4 cm³/mol. The first-order chi connectivity index (χ1) is 7.51. The number of unbranched alkanes of at least 4 members (excludes halogenated alkanes) is 1. The van der Waals surface area contributed by atoms with Crippen LogP contribution in [0.2, 0.25) is 0 Å². The molecule has 0 aromatic heterocycles. The summed E-state index contributed by atoms with van der Waals surface area (Å²) in [5, 5.41) is 17.6. The van der Waals surface area contributed by atoms with Gasteiger partial charge in [-0.15, -0.1) is 0 Å². The predicted octanol–water partition coefficient (Wildman–Crippen LogP) is -0.115. The van der Waals surface area contributed by atoms with Crippen LogP contribution in [-0.2, 0) is 9.59 Å². The van der Waals surface area contributed by atoms with Gasteiger partial charge in [-0.25, -0.2) is 0 Å². The molecular weight excluding hydrogens is 231 g/mol. The van der Waals surface area contributed by atoms with E-state index in [9.17, 15) is 9.59 Å². The zero-order valence-corrected chi connectivity index (χ0v) is 13.1. The van der Waals surface area contributed by atoms with Crippen molar-refractivity contribution < 1.29 is 50.8 Å². The van der Waals surface area contributed by atoms with Crippen molar-refractivity contribution in [1.82, 2.24) is 0 Å². The maximum atomic E-state index is 10.9. The van der Waals surface area contributed by atoms with Crippen LogP contribution < -0.4 is 29.6 Å². The quantitative estimate of drug-likeness (QED) is 0.563. The Morgan fingerprint density at radius 1 is 1.24 bits per heavy atom. The van der Waals surface area contributed by atoms with Crippen LogP contribution in [0.15, 0.2) is 0 Å². The van der Waals surface area contributed by atoms with Crippen molar-refractivity contribution in [2.75, 3.05) is 0 Å². The average Bonchev–Trinajstić information content (AvgIpc) is 2.21. The smallest absolute Gasteiger partial charge is 1.00 e. The normalized spacial score (nSPS) is 13.5. The second kappa shape index (κ2) is 11.1. The molecule has 0 aromatic rings. The fraction of sp³-hybridized carbons (Fsp3) is 0.833. The fourth-order valence-corrected chi connectivity index (χ4v) is 1.87. The number of carbonyl (C=O) groups is 2. The summed E-state index contributed by atoms with van der Waals surface area (Å²) in [7, 11) is 0. The molecule has 0 rings (SSSR count). The zero-order chi connectivity index (χ0) is 12.6. The summed E-state index contributed by atoms with van der Waals surface area (Å²) in [6.45, 7) is 4.12. The van der Waals surface area contributed by atoms with Crippen molar-refractivity contribution in [2.24, 2.45) is 11.8 Å². The van der Waals surface area contributed by atoms with Gasteiger partial charge in [-0.05, 0) is 12.3 Å². The van der Waals surface area contributed by atoms with E-state index in [1.165, 1.54) is 0 Å². The SMILES string of the molecule is CCCCC(CC)CC(CC(=O)O)C(=O)O.[H-].[Na+]. The molecule has 0 aliphatic carbocycles. The van der Waals surface area contributed by atoms with E-state index in [0.29, 0.717) is 12.3 Å². The van der Waals surface area contributed by atoms with Gasteiger partial charge in [0.1, 0.15) is 0 Å². The van der Waals surface area contributed by atoms with Crippen LogP contribution in [0.3, 0.4) is 0 Å². The zero-order valence-electron chi connectivity index (χ0n) is 12.1. The molecule has 2 N–H and O–H groups in total. The van der Waals surface area contributed by atoms with Gasteiger partial charge >= 0.3 is 41.5 Å². The number of aliphatic carboxylic acids is 2. The van der Waals surface area contributed by atoms with Crippen LogP contribution >= 0.6 is 0 Å². The van der Waals surface area contributed by atoms with Crippen molar-refractivity contribution in [1.29, 1.82) is 0 Å². The molecule has 2 atom stereocenters. The minimum absolute atomic E-state index is 0. The van der Waals surface area contributed by atoms with E-state index in [0.717, 1.165) is 25.7 Å². The Morgan fingerprint density at radius 3 is 2.18 bits per heavy atom. The van der Waals surface area contributed by atoms with E-state index >= 15 is 0 Å². The van der Waals surface area contributed by atoms with Crippen LogP contribution in [0.25, 0.3) is 0 Å². The standard InChI is InChI=1S/C12H22O4.Na.H/c1-3-5-6-9(4-2)7-10(12(15)16)8-11(13)14;;/h9-10H,3-8H2,1-2H3,(H,13,14)(H,15,16);;/q;+1;-1. The molecule has 0 heterocycles. The summed E-state index contributed by atoms with van der Waals surface area (Å²) in [6.07, 6.45) is 4.31. The monoisotopic (exact) mass is 254 g/mol. The molecule has 0 saturated carbocycles. The third-order valence-electron chi connectivity index (χ3n) is 2.93. The molecule has 0 aliphatic rings. The number of carboxylic acid groups (broad SMARTS) is 2. The van der Waals surface area contributed by atoms with Crippen LogP contribution in [-0.4, -0.2) is 22.2 Å². The molecule has 96 valence electrons. The van der Waals surface area contributed by atoms with E-state index in [4.69, 9.17) is 10.2 Å². The second-order valence-electron chi connectivity index (χ2n) is 4.29. The third-order valence-corrected chi connectivity index (χ3v) is 2.93. The second-order valence-corrected chi connectivity index (χ2v) is 4.29. The van der Waals surface area contributed by atoms with Gasteiger partial charge in [0, 0.05) is 0 Å². The minimum Gasteiger partial charge on any atom is -1.00 e. The first-order valence-electron chi connectivity index (χ1n) is 5.95. The van der Waals surface area contributed by atoms with Crippen LogP contribution in [0, 0.1) is 11.8 Å². The molecule has 17 heavy (non-hydrogen) atoms. The number of hydrogen-bond donors (Lipinski definition) is 2. The summed E-state index contributed by atoms with van der Waals surface area (Å²) in [5.41, 5.74) is 0. The summed E-state index contributed by atoms with van der Waals surface area (Å²) in [6, 6.07) is 0. The van der Waals surface area contributed by atoms with Crippen LogP contribution in [0.5, 0.6) is 0 Å². The fourth-order valence-electron chi connectivity index (χ4n) is 1.87. The molecule has 0 bridgehead atoms. The van der Waals surface area contributed by atoms with Gasteiger partial charge in [0.05, 0.1) is 12.3 Å². The first kappa shape index (κ1) is 19.3. The maximum Gasteiger partial charge on any atom is 1.00 e. The van der Waals surface area contributed by atoms with Gasteiger partial charge in [-0.2, -0.15) is 0 Å². The summed E-state index contributed by atoms with van der Waals surface area (Å²) < 4.78 is 0. The van der Waals surface area contributed by atoms with Gasteiger partial charge in [0.2, 0.25) is 0 Å². The molecule has 0 radical (unpaired) electrons. The van der Waals surface area contributed by atoms with Crippen molar-refractivity contribution in [2.45, 2.75) is 52.4 Å². The average molecular weight is 254 g/mol. The minimum atomic E-state index is -1.03. The Hall–Kier alpha value is -0.0600. The maximum absolute atomic E-state index is 10.9. The van der Waals surface area contributed by atoms with Gasteiger partial charge in [0.15, 0.2) is 0 Å². The number of carboxylic acids is 2. The Bertz CT molecular complexity index is 236. The van der Waals surface area contributed by atoms with Crippen LogP contribution in [0.1, 0.15) is 53.8 Å². The van der Waals surface area contributed by atoms with Crippen molar-refractivity contribution in [3.63, 3.8) is 0 Å². The number of hydrogen-bond acceptors (Lipinski definition) is 2. The Morgan fingerprint density at radius 2 is 1.82 bits per heavy atom. The van der Waals surface area contributed by atoms with Crippen molar-refractivity contribution >= 4 is 11.9 Å². The number of rotatable bonds is 9. The van der Waals surface area contributed by atoms with Gasteiger partial charge in [0.25, 0.3) is 0 Å². The molecule has 2 unspecified atom stereocenters. The molecule has 4 nitrogen and oxygen atoms in total. The van der Waals surface area contributed by atoms with Gasteiger partial charge in [-0.3, -0.25) is 9.59 Å². The van der Waals surface area contributed by atoms with Crippen molar-refractivity contribution in [3.05, 3.63) is 0 Å². The first-order valence-corrected chi connectivity index (χ1v) is 5.95. The molecule has 0 aromatic carbocycles.